The van der Waals surface area contributed by atoms with Crippen LogP contribution in [0.5, 0.6) is 5.75 Å². The molecule has 0 aromatic heterocycles. The highest BCUT2D eigenvalue weighted by Crippen LogP contribution is 2.15. The lowest BCUT2D eigenvalue weighted by Gasteiger charge is -1.98. The summed E-state index contributed by atoms with van der Waals surface area (Å²) in [4.78, 5) is 3.07. The number of ether oxygens (including phenoxy) is 1. The van der Waals surface area contributed by atoms with Gasteiger partial charge in [0.2, 0.25) is 0 Å². The van der Waals surface area contributed by atoms with Crippen molar-refractivity contribution in [3.8, 4) is 5.75 Å². The molecule has 1 aromatic carbocycles. The fourth-order valence-corrected chi connectivity index (χ4v) is 0.996. The monoisotopic (exact) mass is 193 g/mol. The Bertz CT molecular complexity index is 348. The molecule has 66 valence electrons. The van der Waals surface area contributed by atoms with Gasteiger partial charge in [-0.25, -0.2) is 4.85 Å². The van der Waals surface area contributed by atoms with Crippen LogP contribution < -0.4 is 4.74 Å². The molecule has 0 unspecified atom stereocenters. The van der Waals surface area contributed by atoms with Gasteiger partial charge in [0.25, 0.3) is 5.16 Å². The molecule has 0 saturated heterocycles. The fraction of sp³-hybridized carbons (Fsp3) is 0.100. The van der Waals surface area contributed by atoms with Crippen LogP contribution in [0.25, 0.3) is 10.9 Å². The highest BCUT2D eigenvalue weighted by atomic mass is 35.5. The minimum atomic E-state index is 0.158. The van der Waals surface area contributed by atoms with E-state index in [0.717, 1.165) is 11.3 Å². The predicted molar refractivity (Wildman–Crippen MR) is 53.4 cm³/mol. The largest absolute Gasteiger partial charge is 0.497 e. The van der Waals surface area contributed by atoms with E-state index in [0.29, 0.717) is 0 Å². The number of nitrogens with zero attached hydrogens (tertiary/aromatic N) is 1. The molecule has 3 heteroatoms. The van der Waals surface area contributed by atoms with Crippen molar-refractivity contribution in [2.24, 2.45) is 0 Å². The SMILES string of the molecule is [C-]#[N+]/C(Cl)=C\c1ccc(OC)cc1. The smallest absolute Gasteiger partial charge is 0.252 e. The summed E-state index contributed by atoms with van der Waals surface area (Å²) in [5.41, 5.74) is 0.891. The quantitative estimate of drug-likeness (QED) is 0.520. The van der Waals surface area contributed by atoms with Crippen LogP contribution in [0, 0.1) is 6.57 Å². The van der Waals surface area contributed by atoms with Gasteiger partial charge in [-0.1, -0.05) is 12.1 Å². The van der Waals surface area contributed by atoms with Crippen molar-refractivity contribution in [2.75, 3.05) is 7.11 Å². The van der Waals surface area contributed by atoms with Crippen LogP contribution in [-0.4, -0.2) is 7.11 Å². The Morgan fingerprint density at radius 3 is 2.54 bits per heavy atom. The van der Waals surface area contributed by atoms with Crippen molar-refractivity contribution in [3.05, 3.63) is 46.4 Å². The fourth-order valence-electron chi connectivity index (χ4n) is 0.870. The molecule has 0 saturated carbocycles. The third kappa shape index (κ3) is 2.81. The van der Waals surface area contributed by atoms with Crippen molar-refractivity contribution in [1.82, 2.24) is 0 Å². The first-order chi connectivity index (χ1) is 6.26. The maximum atomic E-state index is 6.64. The van der Waals surface area contributed by atoms with Gasteiger partial charge in [0.1, 0.15) is 5.75 Å². The molecule has 0 aliphatic carbocycles. The van der Waals surface area contributed by atoms with Gasteiger partial charge >= 0.3 is 0 Å². The summed E-state index contributed by atoms with van der Waals surface area (Å²) in [6.45, 7) is 6.64. The van der Waals surface area contributed by atoms with E-state index in [4.69, 9.17) is 22.9 Å². The average molecular weight is 194 g/mol. The van der Waals surface area contributed by atoms with Crippen LogP contribution in [-0.2, 0) is 0 Å². The third-order valence-corrected chi connectivity index (χ3v) is 1.70. The summed E-state index contributed by atoms with van der Waals surface area (Å²) in [6, 6.07) is 7.32. The van der Waals surface area contributed by atoms with Gasteiger partial charge in [-0.2, -0.15) is 0 Å². The lowest BCUT2D eigenvalue weighted by atomic mass is 10.2. The minimum absolute atomic E-state index is 0.158. The lowest BCUT2D eigenvalue weighted by molar-refractivity contribution is 0.415. The molecule has 0 spiro atoms. The molecule has 1 aromatic rings. The lowest BCUT2D eigenvalue weighted by Crippen LogP contribution is -1.81. The minimum Gasteiger partial charge on any atom is -0.497 e. The van der Waals surface area contributed by atoms with Crippen molar-refractivity contribution >= 4 is 17.7 Å². The Hall–Kier alpha value is -1.46. The van der Waals surface area contributed by atoms with Gasteiger partial charge in [0.05, 0.1) is 13.7 Å². The summed E-state index contributed by atoms with van der Waals surface area (Å²) < 4.78 is 4.99. The Kier molecular flexibility index (Phi) is 3.36. The molecule has 0 atom stereocenters. The number of halogens is 1. The van der Waals surface area contributed by atoms with Gasteiger partial charge in [-0.3, -0.25) is 0 Å². The van der Waals surface area contributed by atoms with Crippen molar-refractivity contribution in [1.29, 1.82) is 0 Å². The zero-order valence-corrected chi connectivity index (χ0v) is 7.88. The summed E-state index contributed by atoms with van der Waals surface area (Å²) in [6.07, 6.45) is 1.61. The second kappa shape index (κ2) is 4.54. The normalized spacial score (nSPS) is 10.7. The number of hydrogen-bond donors (Lipinski definition) is 0. The average Bonchev–Trinajstić information content (AvgIpc) is 2.19. The van der Waals surface area contributed by atoms with E-state index < -0.39 is 0 Å². The Balaban J connectivity index is 2.88. The molecular weight excluding hydrogens is 186 g/mol. The molecule has 0 N–H and O–H groups in total. The molecule has 0 radical (unpaired) electrons. The zero-order chi connectivity index (χ0) is 9.68. The summed E-state index contributed by atoms with van der Waals surface area (Å²) in [5.74, 6) is 0.788. The molecular formula is C10H8ClNO. The first-order valence-electron chi connectivity index (χ1n) is 3.65. The highest BCUT2D eigenvalue weighted by molar-refractivity contribution is 6.32. The van der Waals surface area contributed by atoms with E-state index in [1.54, 1.807) is 13.2 Å². The summed E-state index contributed by atoms with van der Waals surface area (Å²) in [5, 5.41) is 0.158. The summed E-state index contributed by atoms with van der Waals surface area (Å²) >= 11 is 5.55. The zero-order valence-electron chi connectivity index (χ0n) is 7.12. The summed E-state index contributed by atoms with van der Waals surface area (Å²) in [7, 11) is 1.61. The van der Waals surface area contributed by atoms with Crippen LogP contribution in [0.3, 0.4) is 0 Å². The Morgan fingerprint density at radius 1 is 1.46 bits per heavy atom. The maximum absolute atomic E-state index is 6.64. The van der Waals surface area contributed by atoms with Crippen molar-refractivity contribution in [3.63, 3.8) is 0 Å². The highest BCUT2D eigenvalue weighted by Gasteiger charge is 1.92. The molecule has 2 nitrogen and oxygen atoms in total. The second-order valence-corrected chi connectivity index (χ2v) is 2.74. The Morgan fingerprint density at radius 2 is 2.08 bits per heavy atom. The first kappa shape index (κ1) is 9.63. The van der Waals surface area contributed by atoms with Gasteiger partial charge in [0, 0.05) is 0 Å². The molecule has 0 aliphatic rings. The second-order valence-electron chi connectivity index (χ2n) is 2.35. The third-order valence-electron chi connectivity index (χ3n) is 1.51. The van der Waals surface area contributed by atoms with Gasteiger partial charge < -0.3 is 4.74 Å². The van der Waals surface area contributed by atoms with E-state index in [1.165, 1.54) is 0 Å². The molecule has 1 rings (SSSR count). The predicted octanol–water partition coefficient (Wildman–Crippen LogP) is 3.15. The van der Waals surface area contributed by atoms with E-state index in [1.807, 2.05) is 24.3 Å². The van der Waals surface area contributed by atoms with E-state index in [2.05, 4.69) is 4.85 Å². The van der Waals surface area contributed by atoms with Gasteiger partial charge in [-0.15, -0.1) is 11.6 Å². The van der Waals surface area contributed by atoms with Gasteiger partial charge in [0.15, 0.2) is 0 Å². The van der Waals surface area contributed by atoms with Crippen LogP contribution in [0.2, 0.25) is 0 Å². The van der Waals surface area contributed by atoms with Crippen LogP contribution in [0.4, 0.5) is 0 Å². The standard InChI is InChI=1S/C10H8ClNO/c1-12-10(11)7-8-3-5-9(13-2)6-4-8/h3-7H,2H3/b10-7-. The van der Waals surface area contributed by atoms with Crippen LogP contribution in [0.15, 0.2) is 29.4 Å². The van der Waals surface area contributed by atoms with Crippen LogP contribution in [0.1, 0.15) is 5.56 Å². The van der Waals surface area contributed by atoms with E-state index in [-0.39, 0.29) is 5.16 Å². The molecule has 0 fully saturated rings. The van der Waals surface area contributed by atoms with Crippen LogP contribution >= 0.6 is 11.6 Å². The van der Waals surface area contributed by atoms with Crippen molar-refractivity contribution < 1.29 is 4.74 Å². The van der Waals surface area contributed by atoms with Crippen molar-refractivity contribution in [2.45, 2.75) is 0 Å². The number of rotatable bonds is 2. The number of hydrogen-bond acceptors (Lipinski definition) is 1. The Labute approximate surface area is 82.2 Å². The number of methoxy groups -OCH3 is 1. The molecule has 13 heavy (non-hydrogen) atoms. The molecule has 0 amide bonds. The molecule has 0 heterocycles. The van der Waals surface area contributed by atoms with E-state index >= 15 is 0 Å². The molecule has 0 aliphatic heterocycles. The maximum Gasteiger partial charge on any atom is 0.252 e. The van der Waals surface area contributed by atoms with E-state index in [9.17, 15) is 0 Å². The topological polar surface area (TPSA) is 13.6 Å². The first-order valence-corrected chi connectivity index (χ1v) is 4.03. The van der Waals surface area contributed by atoms with Gasteiger partial charge in [-0.05, 0) is 23.8 Å². The number of benzene rings is 1. The molecule has 0 bridgehead atoms.